The molecule has 2 atom stereocenters. The van der Waals surface area contributed by atoms with Crippen LogP contribution >= 0.6 is 0 Å². The summed E-state index contributed by atoms with van der Waals surface area (Å²) >= 11 is 0. The Hall–Kier alpha value is -5.91. The summed E-state index contributed by atoms with van der Waals surface area (Å²) in [6.07, 6.45) is -8.74. The summed E-state index contributed by atoms with van der Waals surface area (Å²) in [5.41, 5.74) is -1.72. The van der Waals surface area contributed by atoms with Crippen LogP contribution in [0.4, 0.5) is 42.2 Å². The second kappa shape index (κ2) is 12.7. The minimum atomic E-state index is -5.47. The van der Waals surface area contributed by atoms with Crippen LogP contribution in [0.1, 0.15) is 39.8 Å². The zero-order chi connectivity index (χ0) is 37.8. The van der Waals surface area contributed by atoms with E-state index in [1.165, 1.54) is 37.4 Å². The number of aryl methyl sites for hydroxylation is 1. The predicted octanol–water partition coefficient (Wildman–Crippen LogP) is 5.61. The van der Waals surface area contributed by atoms with Crippen LogP contribution in [-0.2, 0) is 22.0 Å². The van der Waals surface area contributed by atoms with Crippen LogP contribution in [0.5, 0.6) is 5.75 Å². The first-order chi connectivity index (χ1) is 24.3. The number of rotatable bonds is 8. The number of benzene rings is 2. The standard InChI is InChI=1S/C34H26F7N7O4/c1-16-9-18-10-19(11-22(26(18)43-13-16)45-25-8-7-23(47-48-25)33(36,37)38)29(49)44-14-32(51,34(39,40)41)24-12-21-28(52-15-31(21,2)30(42)50)27(46-24)17-3-5-20(35)6-4-17/h3-13,51H,14-15H2,1-2H3,(H2,42,50)(H,44,49)(H,45,48)/t31-,32?/m0/s1. The lowest BCUT2D eigenvalue weighted by molar-refractivity contribution is -0.265. The van der Waals surface area contributed by atoms with E-state index in [2.05, 4.69) is 30.8 Å². The minimum absolute atomic E-state index is 0.0535. The van der Waals surface area contributed by atoms with Gasteiger partial charge in [-0.1, -0.05) is 0 Å². The highest BCUT2D eigenvalue weighted by molar-refractivity contribution is 6.03. The Labute approximate surface area is 289 Å². The first kappa shape index (κ1) is 35.9. The van der Waals surface area contributed by atoms with Crippen molar-refractivity contribution >= 4 is 34.2 Å². The number of pyridine rings is 2. The van der Waals surface area contributed by atoms with Gasteiger partial charge in [-0.25, -0.2) is 9.37 Å². The average molecular weight is 730 g/mol. The van der Waals surface area contributed by atoms with Gasteiger partial charge in [-0.15, -0.1) is 10.2 Å². The molecular weight excluding hydrogens is 703 g/mol. The summed E-state index contributed by atoms with van der Waals surface area (Å²) in [4.78, 5) is 34.4. The maximum atomic E-state index is 14.9. The fraction of sp³-hybridized carbons (Fsp3) is 0.235. The lowest BCUT2D eigenvalue weighted by Crippen LogP contribution is -2.51. The summed E-state index contributed by atoms with van der Waals surface area (Å²) in [7, 11) is 0. The van der Waals surface area contributed by atoms with E-state index in [-0.39, 0.29) is 51.8 Å². The number of fused-ring (bicyclic) bond motifs is 2. The summed E-state index contributed by atoms with van der Waals surface area (Å²) in [5.74, 6) is -2.95. The Bertz CT molecular complexity index is 2210. The minimum Gasteiger partial charge on any atom is -0.489 e. The van der Waals surface area contributed by atoms with Crippen molar-refractivity contribution in [1.82, 2.24) is 25.5 Å². The van der Waals surface area contributed by atoms with Crippen LogP contribution < -0.4 is 21.1 Å². The molecule has 6 rings (SSSR count). The number of primary amides is 1. The van der Waals surface area contributed by atoms with Crippen molar-refractivity contribution in [3.05, 3.63) is 101 Å². The molecule has 5 N–H and O–H groups in total. The van der Waals surface area contributed by atoms with Crippen LogP contribution in [0.15, 0.2) is 66.9 Å². The Balaban J connectivity index is 1.38. The number of aliphatic hydroxyl groups is 1. The molecular formula is C34H26F7N7O4. The highest BCUT2D eigenvalue weighted by Crippen LogP contribution is 2.47. The molecule has 0 bridgehead atoms. The molecule has 270 valence electrons. The molecule has 11 nitrogen and oxygen atoms in total. The van der Waals surface area contributed by atoms with E-state index >= 15 is 0 Å². The fourth-order valence-corrected chi connectivity index (χ4v) is 5.52. The average Bonchev–Trinajstić information content (AvgIpc) is 3.43. The third-order valence-corrected chi connectivity index (χ3v) is 8.53. The molecule has 1 aliphatic heterocycles. The summed E-state index contributed by atoms with van der Waals surface area (Å²) in [6.45, 7) is 1.19. The number of nitrogens with two attached hydrogens (primary N) is 1. The van der Waals surface area contributed by atoms with E-state index in [1.54, 1.807) is 13.0 Å². The van der Waals surface area contributed by atoms with Crippen molar-refractivity contribution in [2.24, 2.45) is 5.73 Å². The Morgan fingerprint density at radius 1 is 0.981 bits per heavy atom. The lowest BCUT2D eigenvalue weighted by Gasteiger charge is -2.31. The lowest BCUT2D eigenvalue weighted by atomic mass is 9.81. The number of hydrogen-bond acceptors (Lipinski definition) is 9. The van der Waals surface area contributed by atoms with Crippen LogP contribution in [0.2, 0.25) is 0 Å². The van der Waals surface area contributed by atoms with Gasteiger partial charge in [-0.05, 0) is 80.1 Å². The predicted molar refractivity (Wildman–Crippen MR) is 171 cm³/mol. The monoisotopic (exact) mass is 729 g/mol. The Morgan fingerprint density at radius 2 is 1.69 bits per heavy atom. The van der Waals surface area contributed by atoms with Gasteiger partial charge in [0.15, 0.2) is 11.5 Å². The second-order valence-electron chi connectivity index (χ2n) is 12.3. The van der Waals surface area contributed by atoms with Gasteiger partial charge in [0.2, 0.25) is 11.5 Å². The van der Waals surface area contributed by atoms with Gasteiger partial charge in [0.1, 0.15) is 29.3 Å². The number of alkyl halides is 6. The topological polar surface area (TPSA) is 165 Å². The van der Waals surface area contributed by atoms with Crippen LogP contribution in [0.3, 0.4) is 0 Å². The largest absolute Gasteiger partial charge is 0.489 e. The van der Waals surface area contributed by atoms with Gasteiger partial charge < -0.3 is 26.2 Å². The zero-order valence-electron chi connectivity index (χ0n) is 26.9. The number of halogens is 7. The van der Waals surface area contributed by atoms with Crippen LogP contribution in [0.25, 0.3) is 22.2 Å². The van der Waals surface area contributed by atoms with E-state index in [4.69, 9.17) is 10.5 Å². The second-order valence-corrected chi connectivity index (χ2v) is 12.3. The van der Waals surface area contributed by atoms with Gasteiger partial charge in [0.05, 0.1) is 23.4 Å². The summed E-state index contributed by atoms with van der Waals surface area (Å²) in [5, 5.41) is 23.2. The van der Waals surface area contributed by atoms with Crippen molar-refractivity contribution < 1.29 is 50.2 Å². The normalized spacial score (nSPS) is 16.9. The van der Waals surface area contributed by atoms with Gasteiger partial charge in [0.25, 0.3) is 5.91 Å². The Morgan fingerprint density at radius 3 is 2.31 bits per heavy atom. The first-order valence-corrected chi connectivity index (χ1v) is 15.2. The van der Waals surface area contributed by atoms with E-state index in [0.29, 0.717) is 17.0 Å². The molecule has 1 aliphatic rings. The van der Waals surface area contributed by atoms with Gasteiger partial charge in [-0.3, -0.25) is 14.6 Å². The molecule has 52 heavy (non-hydrogen) atoms. The molecule has 2 aromatic carbocycles. The number of nitrogens with one attached hydrogen (secondary N) is 2. The maximum absolute atomic E-state index is 14.9. The van der Waals surface area contributed by atoms with E-state index in [9.17, 15) is 45.4 Å². The molecule has 0 spiro atoms. The van der Waals surface area contributed by atoms with Gasteiger partial charge in [0, 0.05) is 28.3 Å². The smallest absolute Gasteiger partial charge is 0.435 e. The number of ether oxygens (including phenoxy) is 1. The molecule has 4 heterocycles. The van der Waals surface area contributed by atoms with Crippen molar-refractivity contribution in [2.45, 2.75) is 37.2 Å². The number of hydrogen-bond donors (Lipinski definition) is 4. The molecule has 1 unspecified atom stereocenters. The van der Waals surface area contributed by atoms with Crippen LogP contribution in [0, 0.1) is 12.7 Å². The number of aromatic nitrogens is 4. The molecule has 0 saturated carbocycles. The molecule has 0 aliphatic carbocycles. The van der Waals surface area contributed by atoms with Gasteiger partial charge >= 0.3 is 12.4 Å². The first-order valence-electron chi connectivity index (χ1n) is 15.2. The highest BCUT2D eigenvalue weighted by Gasteiger charge is 2.57. The van der Waals surface area contributed by atoms with E-state index in [1.807, 2.05) is 0 Å². The SMILES string of the molecule is Cc1cnc2c(Nc3ccc(C(F)(F)F)nn3)cc(C(=O)NCC(O)(c3cc4c(c(-c5ccc(F)cc5)n3)OC[C@]4(C)C(N)=O)C(F)(F)F)cc2c1. The van der Waals surface area contributed by atoms with E-state index < -0.39 is 58.9 Å². The molecule has 2 amide bonds. The summed E-state index contributed by atoms with van der Waals surface area (Å²) in [6, 6.07) is 11.1. The van der Waals surface area contributed by atoms with Crippen molar-refractivity contribution in [1.29, 1.82) is 0 Å². The number of carbonyl (C=O) groups excluding carboxylic acids is 2. The quantitative estimate of drug-likeness (QED) is 0.149. The van der Waals surface area contributed by atoms with E-state index in [0.717, 1.165) is 24.3 Å². The van der Waals surface area contributed by atoms with Crippen molar-refractivity contribution in [3.63, 3.8) is 0 Å². The van der Waals surface area contributed by atoms with Crippen LogP contribution in [-0.4, -0.2) is 56.4 Å². The van der Waals surface area contributed by atoms with Crippen molar-refractivity contribution in [3.8, 4) is 17.0 Å². The van der Waals surface area contributed by atoms with Gasteiger partial charge in [-0.2, -0.15) is 26.3 Å². The van der Waals surface area contributed by atoms with Crippen molar-refractivity contribution in [2.75, 3.05) is 18.5 Å². The number of nitrogens with zero attached hydrogens (tertiary/aromatic N) is 4. The Kier molecular flexibility index (Phi) is 8.77. The number of carbonyl (C=O) groups is 2. The number of amides is 2. The molecule has 3 aromatic heterocycles. The molecule has 0 saturated heterocycles. The zero-order valence-corrected chi connectivity index (χ0v) is 26.9. The number of anilines is 2. The third-order valence-electron chi connectivity index (χ3n) is 8.53. The molecule has 5 aromatic rings. The summed E-state index contributed by atoms with van der Waals surface area (Å²) < 4.78 is 103. The fourth-order valence-electron chi connectivity index (χ4n) is 5.52. The highest BCUT2D eigenvalue weighted by atomic mass is 19.4. The maximum Gasteiger partial charge on any atom is 0.435 e. The molecule has 0 fully saturated rings. The third kappa shape index (κ3) is 6.52. The molecule has 0 radical (unpaired) electrons. The molecule has 18 heteroatoms.